The van der Waals surface area contributed by atoms with Gasteiger partial charge in [-0.25, -0.2) is 0 Å². The summed E-state index contributed by atoms with van der Waals surface area (Å²) in [5, 5.41) is 3.77. The average molecular weight is 266 g/mol. The third kappa shape index (κ3) is 2.56. The van der Waals surface area contributed by atoms with Gasteiger partial charge < -0.3 is 10.1 Å². The average Bonchev–Trinajstić information content (AvgIpc) is 2.73. The van der Waals surface area contributed by atoms with E-state index in [4.69, 9.17) is 16.3 Å². The second kappa shape index (κ2) is 5.60. The summed E-state index contributed by atoms with van der Waals surface area (Å²) in [7, 11) is 0. The molecular weight excluding hydrogens is 246 g/mol. The van der Waals surface area contributed by atoms with Crippen molar-refractivity contribution in [2.75, 3.05) is 13.2 Å². The Balaban J connectivity index is 1.62. The first-order valence-corrected chi connectivity index (χ1v) is 7.35. The van der Waals surface area contributed by atoms with Gasteiger partial charge in [0.2, 0.25) is 0 Å². The van der Waals surface area contributed by atoms with Crippen LogP contribution in [0.4, 0.5) is 0 Å². The Labute approximate surface area is 114 Å². The molecular formula is C15H20ClNO. The lowest BCUT2D eigenvalue weighted by atomic mass is 10.1. The first-order valence-electron chi connectivity index (χ1n) is 6.91. The summed E-state index contributed by atoms with van der Waals surface area (Å²) in [4.78, 5) is 0. The van der Waals surface area contributed by atoms with Crippen molar-refractivity contribution < 1.29 is 4.74 Å². The predicted molar refractivity (Wildman–Crippen MR) is 74.1 cm³/mol. The lowest BCUT2D eigenvalue weighted by Crippen LogP contribution is -2.36. The highest BCUT2D eigenvalue weighted by Gasteiger charge is 2.30. The smallest absolute Gasteiger partial charge is 0.0699 e. The van der Waals surface area contributed by atoms with E-state index in [2.05, 4.69) is 29.6 Å². The topological polar surface area (TPSA) is 21.3 Å². The van der Waals surface area contributed by atoms with Crippen LogP contribution in [0.2, 0.25) is 0 Å². The Morgan fingerprint density at radius 1 is 1.28 bits per heavy atom. The Bertz CT molecular complexity index is 403. The van der Waals surface area contributed by atoms with Crippen LogP contribution in [0.25, 0.3) is 0 Å². The van der Waals surface area contributed by atoms with Crippen molar-refractivity contribution in [2.24, 2.45) is 0 Å². The van der Waals surface area contributed by atoms with E-state index < -0.39 is 0 Å². The van der Waals surface area contributed by atoms with Gasteiger partial charge in [-0.05, 0) is 36.8 Å². The number of ether oxygens (including phenoxy) is 1. The number of hydrogen-bond donors (Lipinski definition) is 1. The van der Waals surface area contributed by atoms with Crippen LogP contribution in [-0.2, 0) is 11.2 Å². The minimum atomic E-state index is 0.172. The summed E-state index contributed by atoms with van der Waals surface area (Å²) >= 11 is 6.46. The number of benzene rings is 1. The lowest BCUT2D eigenvalue weighted by molar-refractivity contribution is 0.0154. The SMILES string of the molecule is ClC1Cc2ccccc2C1NCC1CCCCO1. The molecule has 3 unspecified atom stereocenters. The molecule has 98 valence electrons. The van der Waals surface area contributed by atoms with Gasteiger partial charge in [0.05, 0.1) is 11.5 Å². The van der Waals surface area contributed by atoms with E-state index in [0.717, 1.165) is 19.6 Å². The molecule has 18 heavy (non-hydrogen) atoms. The number of nitrogens with one attached hydrogen (secondary N) is 1. The van der Waals surface area contributed by atoms with Crippen LogP contribution in [0.3, 0.4) is 0 Å². The summed E-state index contributed by atoms with van der Waals surface area (Å²) in [5.41, 5.74) is 2.76. The van der Waals surface area contributed by atoms with Crippen molar-refractivity contribution in [1.82, 2.24) is 5.32 Å². The van der Waals surface area contributed by atoms with Crippen LogP contribution >= 0.6 is 11.6 Å². The fourth-order valence-corrected chi connectivity index (χ4v) is 3.40. The predicted octanol–water partition coefficient (Wildman–Crippen LogP) is 3.05. The normalized spacial score (nSPS) is 31.3. The molecule has 1 saturated heterocycles. The van der Waals surface area contributed by atoms with Crippen LogP contribution in [0.5, 0.6) is 0 Å². The van der Waals surface area contributed by atoms with E-state index in [0.29, 0.717) is 6.10 Å². The highest BCUT2D eigenvalue weighted by atomic mass is 35.5. The third-order valence-electron chi connectivity index (χ3n) is 4.01. The van der Waals surface area contributed by atoms with Crippen LogP contribution in [-0.4, -0.2) is 24.6 Å². The number of alkyl halides is 1. The molecule has 0 saturated carbocycles. The van der Waals surface area contributed by atoms with Gasteiger partial charge >= 0.3 is 0 Å². The molecule has 0 aromatic heterocycles. The van der Waals surface area contributed by atoms with Gasteiger partial charge in [0, 0.05) is 19.2 Å². The molecule has 1 heterocycles. The largest absolute Gasteiger partial charge is 0.377 e. The van der Waals surface area contributed by atoms with E-state index in [1.54, 1.807) is 0 Å². The van der Waals surface area contributed by atoms with Crippen LogP contribution in [0.15, 0.2) is 24.3 Å². The second-order valence-corrected chi connectivity index (χ2v) is 5.85. The second-order valence-electron chi connectivity index (χ2n) is 5.29. The number of fused-ring (bicyclic) bond motifs is 1. The quantitative estimate of drug-likeness (QED) is 0.849. The van der Waals surface area contributed by atoms with Crippen molar-refractivity contribution in [2.45, 2.75) is 43.2 Å². The Morgan fingerprint density at radius 3 is 3.00 bits per heavy atom. The van der Waals surface area contributed by atoms with Gasteiger partial charge in [-0.15, -0.1) is 11.6 Å². The maximum atomic E-state index is 6.46. The molecule has 1 aromatic rings. The first kappa shape index (κ1) is 12.5. The van der Waals surface area contributed by atoms with Crippen molar-refractivity contribution in [3.8, 4) is 0 Å². The number of hydrogen-bond acceptors (Lipinski definition) is 2. The molecule has 3 atom stereocenters. The minimum absolute atomic E-state index is 0.172. The van der Waals surface area contributed by atoms with Crippen molar-refractivity contribution in [3.63, 3.8) is 0 Å². The van der Waals surface area contributed by atoms with Gasteiger partial charge in [0.15, 0.2) is 0 Å². The van der Waals surface area contributed by atoms with E-state index in [1.165, 1.54) is 30.4 Å². The van der Waals surface area contributed by atoms with Gasteiger partial charge in [0.25, 0.3) is 0 Å². The fourth-order valence-electron chi connectivity index (χ4n) is 3.01. The standard InChI is InChI=1S/C15H20ClNO/c16-14-9-11-5-1-2-7-13(11)15(14)17-10-12-6-3-4-8-18-12/h1-2,5,7,12,14-15,17H,3-4,6,8-10H2. The summed E-state index contributed by atoms with van der Waals surface area (Å²) in [6, 6.07) is 8.85. The van der Waals surface area contributed by atoms with Crippen LogP contribution in [0.1, 0.15) is 36.4 Å². The third-order valence-corrected chi connectivity index (χ3v) is 4.41. The van der Waals surface area contributed by atoms with E-state index >= 15 is 0 Å². The summed E-state index contributed by atoms with van der Waals surface area (Å²) in [6.45, 7) is 1.83. The van der Waals surface area contributed by atoms with Crippen LogP contribution < -0.4 is 5.32 Å². The molecule has 0 amide bonds. The molecule has 1 fully saturated rings. The maximum absolute atomic E-state index is 6.46. The van der Waals surface area contributed by atoms with Crippen LogP contribution in [0, 0.1) is 0 Å². The van der Waals surface area contributed by atoms with Crippen molar-refractivity contribution in [3.05, 3.63) is 35.4 Å². The lowest BCUT2D eigenvalue weighted by Gasteiger charge is -2.26. The zero-order valence-corrected chi connectivity index (χ0v) is 11.3. The molecule has 1 aliphatic carbocycles. The summed E-state index contributed by atoms with van der Waals surface area (Å²) in [6.07, 6.45) is 5.02. The summed E-state index contributed by atoms with van der Waals surface area (Å²) < 4.78 is 5.76. The molecule has 0 bridgehead atoms. The monoisotopic (exact) mass is 265 g/mol. The Morgan fingerprint density at radius 2 is 2.17 bits per heavy atom. The first-order chi connectivity index (χ1) is 8.84. The molecule has 2 aliphatic rings. The molecule has 2 nitrogen and oxygen atoms in total. The Kier molecular flexibility index (Phi) is 3.88. The zero-order valence-electron chi connectivity index (χ0n) is 10.6. The molecule has 0 radical (unpaired) electrons. The van der Waals surface area contributed by atoms with Gasteiger partial charge in [0.1, 0.15) is 0 Å². The zero-order chi connectivity index (χ0) is 12.4. The molecule has 1 N–H and O–H groups in total. The van der Waals surface area contributed by atoms with Gasteiger partial charge in [-0.1, -0.05) is 24.3 Å². The number of halogens is 1. The maximum Gasteiger partial charge on any atom is 0.0699 e. The molecule has 3 rings (SSSR count). The molecule has 1 aliphatic heterocycles. The number of rotatable bonds is 3. The fraction of sp³-hybridized carbons (Fsp3) is 0.600. The molecule has 3 heteroatoms. The van der Waals surface area contributed by atoms with E-state index in [1.807, 2.05) is 0 Å². The highest BCUT2D eigenvalue weighted by Crippen LogP contribution is 2.34. The van der Waals surface area contributed by atoms with E-state index in [-0.39, 0.29) is 11.4 Å². The highest BCUT2D eigenvalue weighted by molar-refractivity contribution is 6.21. The summed E-state index contributed by atoms with van der Waals surface area (Å²) in [5.74, 6) is 0. The molecule has 0 spiro atoms. The van der Waals surface area contributed by atoms with Crippen molar-refractivity contribution >= 4 is 11.6 Å². The minimum Gasteiger partial charge on any atom is -0.377 e. The van der Waals surface area contributed by atoms with Crippen molar-refractivity contribution in [1.29, 1.82) is 0 Å². The molecule has 1 aromatic carbocycles. The Hall–Kier alpha value is -0.570. The van der Waals surface area contributed by atoms with Gasteiger partial charge in [-0.3, -0.25) is 0 Å². The van der Waals surface area contributed by atoms with Gasteiger partial charge in [-0.2, -0.15) is 0 Å². The van der Waals surface area contributed by atoms with E-state index in [9.17, 15) is 0 Å².